The zero-order chi connectivity index (χ0) is 14.5. The minimum absolute atomic E-state index is 0.0183. The fraction of sp³-hybridized carbons (Fsp3) is 0.571. The molecule has 1 aliphatic heterocycles. The molecule has 1 aliphatic rings. The number of pyridine rings is 1. The zero-order valence-corrected chi connectivity index (χ0v) is 12.6. The number of hydrogen-bond acceptors (Lipinski definition) is 4. The topological polar surface area (TPSA) is 54.5 Å². The third-order valence-corrected chi connectivity index (χ3v) is 3.59. The fourth-order valence-corrected chi connectivity index (χ4v) is 2.60. The maximum Gasteiger partial charge on any atom is 0.254 e. The molecule has 0 spiro atoms. The molecule has 1 aromatic heterocycles. The molecular formula is C14H20ClN3O2. The minimum atomic E-state index is -0.0183. The first-order valence-corrected chi connectivity index (χ1v) is 7.25. The molecule has 1 saturated heterocycles. The van der Waals surface area contributed by atoms with Crippen LogP contribution in [0.2, 0.25) is 5.15 Å². The second-order valence-corrected chi connectivity index (χ2v) is 5.23. The quantitative estimate of drug-likeness (QED) is 0.867. The number of rotatable bonds is 4. The highest BCUT2D eigenvalue weighted by Gasteiger charge is 2.24. The molecule has 2 rings (SSSR count). The van der Waals surface area contributed by atoms with Crippen LogP contribution in [-0.2, 0) is 4.74 Å². The van der Waals surface area contributed by atoms with Crippen molar-refractivity contribution >= 4 is 23.3 Å². The second-order valence-electron chi connectivity index (χ2n) is 4.85. The molecule has 5 nitrogen and oxygen atoms in total. The van der Waals surface area contributed by atoms with Crippen molar-refractivity contribution in [2.24, 2.45) is 0 Å². The molecule has 0 radical (unpaired) electrons. The number of aromatic nitrogens is 1. The number of piperidine rings is 1. The summed E-state index contributed by atoms with van der Waals surface area (Å²) in [5, 5.41) is 3.40. The van der Waals surface area contributed by atoms with Gasteiger partial charge in [0, 0.05) is 32.3 Å². The molecule has 0 aromatic carbocycles. The lowest BCUT2D eigenvalue weighted by molar-refractivity contribution is 0.0269. The number of nitrogens with one attached hydrogen (secondary N) is 1. The van der Waals surface area contributed by atoms with Crippen LogP contribution in [0.1, 0.15) is 30.1 Å². The van der Waals surface area contributed by atoms with Gasteiger partial charge >= 0.3 is 0 Å². The maximum atomic E-state index is 12.5. The van der Waals surface area contributed by atoms with Gasteiger partial charge in [0.15, 0.2) is 0 Å². The third kappa shape index (κ3) is 3.61. The Bertz CT molecular complexity index is 481. The Hall–Kier alpha value is -1.33. The van der Waals surface area contributed by atoms with E-state index in [9.17, 15) is 4.79 Å². The average molecular weight is 298 g/mol. The Balaban J connectivity index is 2.15. The normalized spacial score (nSPS) is 18.9. The molecule has 6 heteroatoms. The molecule has 20 heavy (non-hydrogen) atoms. The number of carbonyl (C=O) groups is 1. The van der Waals surface area contributed by atoms with Crippen molar-refractivity contribution < 1.29 is 9.53 Å². The van der Waals surface area contributed by atoms with Crippen LogP contribution in [0.3, 0.4) is 0 Å². The van der Waals surface area contributed by atoms with E-state index in [1.165, 1.54) is 0 Å². The summed E-state index contributed by atoms with van der Waals surface area (Å²) in [6.07, 6.45) is 2.08. The lowest BCUT2D eigenvalue weighted by atomic mass is 10.1. The predicted molar refractivity (Wildman–Crippen MR) is 79.3 cm³/mol. The van der Waals surface area contributed by atoms with E-state index in [-0.39, 0.29) is 12.0 Å². The van der Waals surface area contributed by atoms with Crippen molar-refractivity contribution in [1.29, 1.82) is 0 Å². The van der Waals surface area contributed by atoms with Crippen LogP contribution in [-0.4, -0.2) is 48.6 Å². The van der Waals surface area contributed by atoms with E-state index in [4.69, 9.17) is 16.3 Å². The molecule has 0 saturated carbocycles. The summed E-state index contributed by atoms with van der Waals surface area (Å²) in [6, 6.07) is 3.36. The average Bonchev–Trinajstić information content (AvgIpc) is 2.46. The van der Waals surface area contributed by atoms with Gasteiger partial charge in [0.25, 0.3) is 5.91 Å². The number of likely N-dealkylation sites (tertiary alicyclic amines) is 1. The molecule has 1 fully saturated rings. The van der Waals surface area contributed by atoms with Gasteiger partial charge in [0.1, 0.15) is 11.0 Å². The lowest BCUT2D eigenvalue weighted by Crippen LogP contribution is -2.42. The Labute approximate surface area is 124 Å². The SMILES string of the molecule is CCNc1cc(C(=O)N2CCCC(OC)C2)cc(Cl)n1. The molecule has 0 bridgehead atoms. The number of hydrogen-bond donors (Lipinski definition) is 1. The summed E-state index contributed by atoms with van der Waals surface area (Å²) in [7, 11) is 1.69. The minimum Gasteiger partial charge on any atom is -0.380 e. The van der Waals surface area contributed by atoms with Crippen LogP contribution in [0, 0.1) is 0 Å². The molecule has 0 aliphatic carbocycles. The summed E-state index contributed by atoms with van der Waals surface area (Å²) in [4.78, 5) is 18.5. The first kappa shape index (κ1) is 15.1. The van der Waals surface area contributed by atoms with E-state index in [1.807, 2.05) is 11.8 Å². The molecule has 1 unspecified atom stereocenters. The Morgan fingerprint density at radius 3 is 3.10 bits per heavy atom. The van der Waals surface area contributed by atoms with Crippen LogP contribution >= 0.6 is 11.6 Å². The highest BCUT2D eigenvalue weighted by atomic mass is 35.5. The molecule has 110 valence electrons. The molecule has 1 aromatic rings. The van der Waals surface area contributed by atoms with Crippen LogP contribution < -0.4 is 5.32 Å². The summed E-state index contributed by atoms with van der Waals surface area (Å²) in [5.74, 6) is 0.610. The van der Waals surface area contributed by atoms with E-state index in [0.29, 0.717) is 23.1 Å². The van der Waals surface area contributed by atoms with Crippen molar-refractivity contribution in [3.63, 3.8) is 0 Å². The van der Waals surface area contributed by atoms with E-state index in [1.54, 1.807) is 19.2 Å². The Morgan fingerprint density at radius 1 is 1.60 bits per heavy atom. The van der Waals surface area contributed by atoms with Crippen molar-refractivity contribution in [2.45, 2.75) is 25.9 Å². The van der Waals surface area contributed by atoms with Crippen molar-refractivity contribution in [3.8, 4) is 0 Å². The first-order chi connectivity index (χ1) is 9.63. The molecular weight excluding hydrogens is 278 g/mol. The van der Waals surface area contributed by atoms with Crippen molar-refractivity contribution in [2.75, 3.05) is 32.1 Å². The van der Waals surface area contributed by atoms with Gasteiger partial charge in [-0.3, -0.25) is 4.79 Å². The van der Waals surface area contributed by atoms with Gasteiger partial charge in [-0.15, -0.1) is 0 Å². The summed E-state index contributed by atoms with van der Waals surface area (Å²) in [6.45, 7) is 4.09. The third-order valence-electron chi connectivity index (χ3n) is 3.40. The van der Waals surface area contributed by atoms with E-state index < -0.39 is 0 Å². The fourth-order valence-electron chi connectivity index (χ4n) is 2.39. The monoisotopic (exact) mass is 297 g/mol. The van der Waals surface area contributed by atoms with Gasteiger partial charge in [-0.05, 0) is 31.9 Å². The molecule has 1 atom stereocenters. The van der Waals surface area contributed by atoms with Crippen LogP contribution in [0.25, 0.3) is 0 Å². The van der Waals surface area contributed by atoms with Crippen LogP contribution in [0.5, 0.6) is 0 Å². The number of amides is 1. The predicted octanol–water partition coefficient (Wildman–Crippen LogP) is 2.42. The smallest absolute Gasteiger partial charge is 0.254 e. The lowest BCUT2D eigenvalue weighted by Gasteiger charge is -2.32. The van der Waals surface area contributed by atoms with E-state index in [2.05, 4.69) is 10.3 Å². The van der Waals surface area contributed by atoms with Gasteiger partial charge in [-0.1, -0.05) is 11.6 Å². The van der Waals surface area contributed by atoms with Crippen LogP contribution in [0.4, 0.5) is 5.82 Å². The summed E-state index contributed by atoms with van der Waals surface area (Å²) >= 11 is 5.98. The highest BCUT2D eigenvalue weighted by Crippen LogP contribution is 2.19. The molecule has 1 N–H and O–H groups in total. The zero-order valence-electron chi connectivity index (χ0n) is 11.9. The number of carbonyl (C=O) groups excluding carboxylic acids is 1. The maximum absolute atomic E-state index is 12.5. The number of methoxy groups -OCH3 is 1. The highest BCUT2D eigenvalue weighted by molar-refractivity contribution is 6.29. The van der Waals surface area contributed by atoms with Crippen molar-refractivity contribution in [3.05, 3.63) is 22.8 Å². The van der Waals surface area contributed by atoms with Gasteiger partial charge in [0.05, 0.1) is 6.10 Å². The number of nitrogens with zero attached hydrogens (tertiary/aromatic N) is 2. The van der Waals surface area contributed by atoms with Gasteiger partial charge in [-0.2, -0.15) is 0 Å². The number of ether oxygens (including phenoxy) is 1. The van der Waals surface area contributed by atoms with E-state index >= 15 is 0 Å². The standard InChI is InChI=1S/C14H20ClN3O2/c1-3-16-13-8-10(7-12(15)17-13)14(19)18-6-4-5-11(9-18)20-2/h7-8,11H,3-6,9H2,1-2H3,(H,16,17). The number of anilines is 1. The largest absolute Gasteiger partial charge is 0.380 e. The van der Waals surface area contributed by atoms with Gasteiger partial charge in [0.2, 0.25) is 0 Å². The summed E-state index contributed by atoms with van der Waals surface area (Å²) in [5.41, 5.74) is 0.567. The Morgan fingerprint density at radius 2 is 2.40 bits per heavy atom. The second kappa shape index (κ2) is 6.90. The Kier molecular flexibility index (Phi) is 5.20. The summed E-state index contributed by atoms with van der Waals surface area (Å²) < 4.78 is 5.35. The molecule has 2 heterocycles. The van der Waals surface area contributed by atoms with Gasteiger partial charge in [-0.25, -0.2) is 4.98 Å². The van der Waals surface area contributed by atoms with Crippen LogP contribution in [0.15, 0.2) is 12.1 Å². The number of halogens is 1. The van der Waals surface area contributed by atoms with Crippen molar-refractivity contribution in [1.82, 2.24) is 9.88 Å². The van der Waals surface area contributed by atoms with E-state index in [0.717, 1.165) is 25.9 Å². The first-order valence-electron chi connectivity index (χ1n) is 6.87. The van der Waals surface area contributed by atoms with Gasteiger partial charge < -0.3 is 15.0 Å². The molecule has 1 amide bonds.